The summed E-state index contributed by atoms with van der Waals surface area (Å²) in [4.78, 5) is 52.2. The van der Waals surface area contributed by atoms with Crippen LogP contribution in [0.15, 0.2) is 60.7 Å². The first kappa shape index (κ1) is 30.7. The number of carbonyl (C=O) groups excluding carboxylic acids is 4. The van der Waals surface area contributed by atoms with Gasteiger partial charge < -0.3 is 25.4 Å². The topological polar surface area (TPSA) is 162 Å². The summed E-state index contributed by atoms with van der Waals surface area (Å²) in [5, 5.41) is 11.7. The number of aromatic nitrogens is 3. The van der Waals surface area contributed by atoms with E-state index >= 15 is 0 Å². The zero-order chi connectivity index (χ0) is 30.9. The molecule has 230 valence electrons. The standard InChI is InChI=1S/C31H35N7O6/c32-13-17-43-19-20-44-18-16-38-31-23-6-2-1-5-22(23)21-37(25-8-4-3-7-24(25)30(31)34-35-38)29(42)11-14-33-26(39)12-15-36-27(40)9-10-28(36)41/h1-10H,11-21,32H2,(H,33,39). The molecule has 0 bridgehead atoms. The van der Waals surface area contributed by atoms with E-state index in [1.54, 1.807) is 4.90 Å². The Bertz CT molecular complexity index is 1530. The van der Waals surface area contributed by atoms with Crippen molar-refractivity contribution in [2.75, 3.05) is 51.0 Å². The van der Waals surface area contributed by atoms with E-state index in [0.29, 0.717) is 57.4 Å². The van der Waals surface area contributed by atoms with Crippen LogP contribution >= 0.6 is 0 Å². The Balaban J connectivity index is 1.29. The monoisotopic (exact) mass is 601 g/mol. The number of nitrogens with one attached hydrogen (secondary N) is 1. The van der Waals surface area contributed by atoms with Crippen LogP contribution < -0.4 is 16.0 Å². The Morgan fingerprint density at radius 1 is 0.864 bits per heavy atom. The second-order valence-corrected chi connectivity index (χ2v) is 10.2. The summed E-state index contributed by atoms with van der Waals surface area (Å²) in [7, 11) is 0. The highest BCUT2D eigenvalue weighted by Gasteiger charge is 2.29. The van der Waals surface area contributed by atoms with E-state index < -0.39 is 11.8 Å². The molecule has 2 aliphatic rings. The van der Waals surface area contributed by atoms with Crippen LogP contribution in [0.25, 0.3) is 22.5 Å². The third kappa shape index (κ3) is 7.08. The lowest BCUT2D eigenvalue weighted by Crippen LogP contribution is -2.37. The minimum atomic E-state index is -0.435. The molecule has 3 N–H and O–H groups in total. The predicted octanol–water partition coefficient (Wildman–Crippen LogP) is 1.27. The van der Waals surface area contributed by atoms with Gasteiger partial charge in [-0.2, -0.15) is 0 Å². The van der Waals surface area contributed by atoms with Gasteiger partial charge in [-0.3, -0.25) is 24.1 Å². The number of hydrogen-bond donors (Lipinski definition) is 2. The number of nitrogens with two attached hydrogens (primary N) is 1. The lowest BCUT2D eigenvalue weighted by Gasteiger charge is -2.28. The van der Waals surface area contributed by atoms with Gasteiger partial charge in [0.15, 0.2) is 0 Å². The largest absolute Gasteiger partial charge is 0.378 e. The van der Waals surface area contributed by atoms with Crippen molar-refractivity contribution in [1.29, 1.82) is 0 Å². The van der Waals surface area contributed by atoms with E-state index in [2.05, 4.69) is 15.6 Å². The van der Waals surface area contributed by atoms with Gasteiger partial charge >= 0.3 is 0 Å². The summed E-state index contributed by atoms with van der Waals surface area (Å²) in [6.45, 7) is 3.18. The molecule has 0 aliphatic carbocycles. The van der Waals surface area contributed by atoms with Crippen LogP contribution in [0.4, 0.5) is 5.69 Å². The Morgan fingerprint density at radius 3 is 2.34 bits per heavy atom. The second kappa shape index (κ2) is 14.6. The van der Waals surface area contributed by atoms with Gasteiger partial charge in [0, 0.05) is 55.8 Å². The van der Waals surface area contributed by atoms with Gasteiger partial charge in [-0.25, -0.2) is 4.68 Å². The van der Waals surface area contributed by atoms with E-state index in [0.717, 1.165) is 27.3 Å². The minimum Gasteiger partial charge on any atom is -0.378 e. The lowest BCUT2D eigenvalue weighted by atomic mass is 9.95. The molecule has 0 saturated carbocycles. The fourth-order valence-electron chi connectivity index (χ4n) is 5.15. The van der Waals surface area contributed by atoms with Crippen LogP contribution in [0.2, 0.25) is 0 Å². The van der Waals surface area contributed by atoms with Gasteiger partial charge in [-0.05, 0) is 11.6 Å². The lowest BCUT2D eigenvalue weighted by molar-refractivity contribution is -0.137. The number of carbonyl (C=O) groups is 4. The van der Waals surface area contributed by atoms with Crippen molar-refractivity contribution in [1.82, 2.24) is 25.2 Å². The molecule has 3 heterocycles. The zero-order valence-corrected chi connectivity index (χ0v) is 24.3. The van der Waals surface area contributed by atoms with Crippen LogP contribution in [-0.2, 0) is 41.7 Å². The summed E-state index contributed by atoms with van der Waals surface area (Å²) in [6.07, 6.45) is 2.37. The van der Waals surface area contributed by atoms with E-state index in [1.165, 1.54) is 12.2 Å². The third-order valence-electron chi connectivity index (χ3n) is 7.29. The van der Waals surface area contributed by atoms with Gasteiger partial charge in [-0.1, -0.05) is 47.7 Å². The maximum absolute atomic E-state index is 13.6. The number of imide groups is 1. The molecule has 44 heavy (non-hydrogen) atoms. The predicted molar refractivity (Wildman–Crippen MR) is 161 cm³/mol. The molecule has 2 aliphatic heterocycles. The van der Waals surface area contributed by atoms with Gasteiger partial charge in [0.1, 0.15) is 5.69 Å². The Hall–Kier alpha value is -4.72. The van der Waals surface area contributed by atoms with E-state index in [-0.39, 0.29) is 37.7 Å². The van der Waals surface area contributed by atoms with Gasteiger partial charge in [0.2, 0.25) is 11.8 Å². The number of para-hydroxylation sites is 1. The molecular weight excluding hydrogens is 566 g/mol. The number of fused-ring (bicyclic) bond motifs is 5. The van der Waals surface area contributed by atoms with Gasteiger partial charge in [0.25, 0.3) is 11.8 Å². The first-order valence-electron chi connectivity index (χ1n) is 14.5. The molecule has 13 nitrogen and oxygen atoms in total. The molecule has 5 rings (SSSR count). The Labute approximate surface area is 254 Å². The Morgan fingerprint density at radius 2 is 1.57 bits per heavy atom. The van der Waals surface area contributed by atoms with Crippen LogP contribution in [0.5, 0.6) is 0 Å². The van der Waals surface area contributed by atoms with Crippen LogP contribution in [0, 0.1) is 0 Å². The number of benzene rings is 2. The van der Waals surface area contributed by atoms with E-state index in [1.807, 2.05) is 53.2 Å². The molecule has 2 aromatic carbocycles. The van der Waals surface area contributed by atoms with Crippen LogP contribution in [0.3, 0.4) is 0 Å². The van der Waals surface area contributed by atoms with Crippen molar-refractivity contribution in [2.24, 2.45) is 5.73 Å². The molecule has 4 amide bonds. The number of anilines is 1. The van der Waals surface area contributed by atoms with Crippen molar-refractivity contribution >= 4 is 29.3 Å². The molecule has 3 aromatic rings. The number of nitrogens with zero attached hydrogens (tertiary/aromatic N) is 5. The van der Waals surface area contributed by atoms with Gasteiger partial charge in [-0.15, -0.1) is 5.10 Å². The van der Waals surface area contributed by atoms with E-state index in [9.17, 15) is 19.2 Å². The fraction of sp³-hybridized carbons (Fsp3) is 0.355. The smallest absolute Gasteiger partial charge is 0.253 e. The maximum atomic E-state index is 13.6. The third-order valence-corrected chi connectivity index (χ3v) is 7.29. The van der Waals surface area contributed by atoms with Crippen molar-refractivity contribution < 1.29 is 28.7 Å². The maximum Gasteiger partial charge on any atom is 0.253 e. The normalized spacial score (nSPS) is 13.8. The zero-order valence-electron chi connectivity index (χ0n) is 24.3. The molecule has 0 saturated heterocycles. The Kier molecular flexibility index (Phi) is 10.2. The summed E-state index contributed by atoms with van der Waals surface area (Å²) >= 11 is 0. The molecule has 13 heteroatoms. The van der Waals surface area contributed by atoms with E-state index in [4.69, 9.17) is 15.2 Å². The van der Waals surface area contributed by atoms with Crippen LogP contribution in [0.1, 0.15) is 18.4 Å². The van der Waals surface area contributed by atoms with Crippen molar-refractivity contribution in [3.8, 4) is 22.5 Å². The quantitative estimate of drug-likeness (QED) is 0.205. The highest BCUT2D eigenvalue weighted by molar-refractivity contribution is 6.13. The molecule has 0 radical (unpaired) electrons. The average molecular weight is 602 g/mol. The fourth-order valence-corrected chi connectivity index (χ4v) is 5.15. The minimum absolute atomic E-state index is 0.0148. The summed E-state index contributed by atoms with van der Waals surface area (Å²) in [5.41, 5.74) is 10.3. The second-order valence-electron chi connectivity index (χ2n) is 10.2. The first-order valence-corrected chi connectivity index (χ1v) is 14.5. The number of hydrogen-bond acceptors (Lipinski definition) is 9. The average Bonchev–Trinajstić information content (AvgIpc) is 3.59. The molecule has 0 fully saturated rings. The highest BCUT2D eigenvalue weighted by Crippen LogP contribution is 2.41. The van der Waals surface area contributed by atoms with Crippen molar-refractivity contribution in [2.45, 2.75) is 25.9 Å². The SMILES string of the molecule is NCCOCCOCCn1nnc2c1-c1ccccc1CN(C(=O)CCNC(=O)CCN1C(=O)C=CC1=O)c1ccccc1-2. The molecular formula is C31H35N7O6. The van der Waals surface area contributed by atoms with Crippen molar-refractivity contribution in [3.05, 3.63) is 66.2 Å². The molecule has 0 atom stereocenters. The molecule has 0 unspecified atom stereocenters. The highest BCUT2D eigenvalue weighted by atomic mass is 16.5. The summed E-state index contributed by atoms with van der Waals surface area (Å²) < 4.78 is 12.9. The number of rotatable bonds is 14. The number of amides is 4. The number of ether oxygens (including phenoxy) is 2. The summed E-state index contributed by atoms with van der Waals surface area (Å²) in [6, 6.07) is 15.4. The van der Waals surface area contributed by atoms with Crippen LogP contribution in [-0.4, -0.2) is 89.6 Å². The first-order chi connectivity index (χ1) is 21.5. The summed E-state index contributed by atoms with van der Waals surface area (Å²) in [5.74, 6) is -1.40. The van der Waals surface area contributed by atoms with Gasteiger partial charge in [0.05, 0.1) is 50.9 Å². The van der Waals surface area contributed by atoms with Crippen molar-refractivity contribution in [3.63, 3.8) is 0 Å². The molecule has 0 spiro atoms. The molecule has 1 aromatic heterocycles.